The number of nitrogens with zero attached hydrogens (tertiary/aromatic N) is 2. The summed E-state index contributed by atoms with van der Waals surface area (Å²) in [5.74, 6) is 0.276. The molecule has 3 rings (SSSR count). The van der Waals surface area contributed by atoms with Crippen LogP contribution in [0.4, 0.5) is 0 Å². The molecule has 2 aromatic heterocycles. The molecular formula is C15H12N2OS. The molecule has 19 heavy (non-hydrogen) atoms. The number of benzene rings is 1. The van der Waals surface area contributed by atoms with Crippen molar-refractivity contribution in [1.29, 1.82) is 0 Å². The Hall–Kier alpha value is -2.20. The van der Waals surface area contributed by atoms with Gasteiger partial charge in [-0.15, -0.1) is 11.3 Å². The predicted octanol–water partition coefficient (Wildman–Crippen LogP) is 3.83. The minimum atomic E-state index is 0.276. The quantitative estimate of drug-likeness (QED) is 0.734. The van der Waals surface area contributed by atoms with Crippen LogP contribution in [0.15, 0.2) is 54.4 Å². The van der Waals surface area contributed by atoms with Crippen molar-refractivity contribution in [3.8, 4) is 0 Å². The van der Waals surface area contributed by atoms with E-state index >= 15 is 0 Å². The van der Waals surface area contributed by atoms with E-state index in [9.17, 15) is 5.11 Å². The van der Waals surface area contributed by atoms with E-state index < -0.39 is 0 Å². The Kier molecular flexibility index (Phi) is 3.25. The van der Waals surface area contributed by atoms with E-state index in [1.165, 1.54) is 0 Å². The first-order valence-corrected chi connectivity index (χ1v) is 6.78. The van der Waals surface area contributed by atoms with Crippen molar-refractivity contribution in [1.82, 2.24) is 9.97 Å². The van der Waals surface area contributed by atoms with Crippen molar-refractivity contribution in [2.45, 2.75) is 6.42 Å². The summed E-state index contributed by atoms with van der Waals surface area (Å²) in [7, 11) is 0. The van der Waals surface area contributed by atoms with Gasteiger partial charge in [0.05, 0.1) is 10.2 Å². The molecule has 0 aliphatic rings. The van der Waals surface area contributed by atoms with Gasteiger partial charge in [0, 0.05) is 24.4 Å². The van der Waals surface area contributed by atoms with Crippen LogP contribution in [0.3, 0.4) is 0 Å². The van der Waals surface area contributed by atoms with Crippen molar-refractivity contribution in [2.75, 3.05) is 0 Å². The summed E-state index contributed by atoms with van der Waals surface area (Å²) in [4.78, 5) is 8.64. The number of allylic oxidation sites excluding steroid dienone is 1. The Labute approximate surface area is 114 Å². The molecule has 3 nitrogen and oxygen atoms in total. The number of thiazole rings is 1. The van der Waals surface area contributed by atoms with Crippen LogP contribution >= 0.6 is 11.3 Å². The SMILES string of the molecule is O/C(=C\c1nc2ccccc2s1)Cc1ccccn1. The second-order valence-electron chi connectivity index (χ2n) is 4.15. The standard InChI is InChI=1S/C15H12N2OS/c18-12(9-11-5-3-4-8-16-11)10-15-17-13-6-1-2-7-14(13)19-15/h1-8,10,18H,9H2/b12-10-. The molecule has 1 N–H and O–H groups in total. The van der Waals surface area contributed by atoms with Crippen molar-refractivity contribution < 1.29 is 5.11 Å². The minimum Gasteiger partial charge on any atom is -0.512 e. The molecule has 0 radical (unpaired) electrons. The van der Waals surface area contributed by atoms with Gasteiger partial charge in [-0.3, -0.25) is 4.98 Å². The lowest BCUT2D eigenvalue weighted by atomic mass is 10.2. The molecule has 0 fully saturated rings. The van der Waals surface area contributed by atoms with Crippen molar-refractivity contribution in [3.05, 3.63) is 65.1 Å². The van der Waals surface area contributed by atoms with Crippen LogP contribution in [0.5, 0.6) is 0 Å². The Morgan fingerprint density at radius 3 is 2.79 bits per heavy atom. The largest absolute Gasteiger partial charge is 0.512 e. The van der Waals surface area contributed by atoms with Gasteiger partial charge in [0.2, 0.25) is 0 Å². The normalized spacial score (nSPS) is 11.9. The molecule has 0 saturated heterocycles. The predicted molar refractivity (Wildman–Crippen MR) is 78.2 cm³/mol. The highest BCUT2D eigenvalue weighted by molar-refractivity contribution is 7.19. The summed E-state index contributed by atoms with van der Waals surface area (Å²) in [6.45, 7) is 0. The van der Waals surface area contributed by atoms with E-state index in [1.807, 2.05) is 42.5 Å². The monoisotopic (exact) mass is 268 g/mol. The fourth-order valence-electron chi connectivity index (χ4n) is 1.83. The van der Waals surface area contributed by atoms with Gasteiger partial charge in [-0.1, -0.05) is 18.2 Å². The zero-order chi connectivity index (χ0) is 13.1. The number of hydrogen-bond donors (Lipinski definition) is 1. The third kappa shape index (κ3) is 2.80. The molecule has 0 saturated carbocycles. The van der Waals surface area contributed by atoms with Crippen LogP contribution in [0, 0.1) is 0 Å². The molecule has 2 heterocycles. The summed E-state index contributed by atoms with van der Waals surface area (Å²) in [6, 6.07) is 13.6. The van der Waals surface area contributed by atoms with E-state index in [0.29, 0.717) is 6.42 Å². The third-order valence-corrected chi connectivity index (χ3v) is 3.67. The first-order valence-electron chi connectivity index (χ1n) is 5.96. The first-order chi connectivity index (χ1) is 9.31. The highest BCUT2D eigenvalue weighted by atomic mass is 32.1. The maximum absolute atomic E-state index is 9.97. The Morgan fingerprint density at radius 2 is 2.00 bits per heavy atom. The fraction of sp³-hybridized carbons (Fsp3) is 0.0667. The van der Waals surface area contributed by atoms with E-state index in [4.69, 9.17) is 0 Å². The summed E-state index contributed by atoms with van der Waals surface area (Å²) in [5, 5.41) is 10.8. The average molecular weight is 268 g/mol. The van der Waals surface area contributed by atoms with E-state index in [0.717, 1.165) is 20.9 Å². The highest BCUT2D eigenvalue weighted by Crippen LogP contribution is 2.23. The summed E-state index contributed by atoms with van der Waals surface area (Å²) in [5.41, 5.74) is 1.81. The molecule has 94 valence electrons. The minimum absolute atomic E-state index is 0.276. The van der Waals surface area contributed by atoms with E-state index in [-0.39, 0.29) is 5.76 Å². The number of aliphatic hydroxyl groups is 1. The van der Waals surface area contributed by atoms with Gasteiger partial charge in [0.1, 0.15) is 10.8 Å². The number of hydrogen-bond acceptors (Lipinski definition) is 4. The van der Waals surface area contributed by atoms with Gasteiger partial charge in [-0.2, -0.15) is 0 Å². The van der Waals surface area contributed by atoms with Crippen LogP contribution in [0.1, 0.15) is 10.7 Å². The second-order valence-corrected chi connectivity index (χ2v) is 5.22. The first kappa shape index (κ1) is 11.9. The molecule has 3 aromatic rings. The molecule has 0 atom stereocenters. The molecule has 0 amide bonds. The number of rotatable bonds is 3. The van der Waals surface area contributed by atoms with Crippen molar-refractivity contribution >= 4 is 27.6 Å². The van der Waals surface area contributed by atoms with E-state index in [2.05, 4.69) is 9.97 Å². The van der Waals surface area contributed by atoms with Gasteiger partial charge in [0.25, 0.3) is 0 Å². The molecule has 0 spiro atoms. The molecule has 4 heteroatoms. The maximum atomic E-state index is 9.97. The smallest absolute Gasteiger partial charge is 0.120 e. The van der Waals surface area contributed by atoms with Crippen LogP contribution < -0.4 is 0 Å². The topological polar surface area (TPSA) is 46.0 Å². The summed E-state index contributed by atoms with van der Waals surface area (Å²) in [6.07, 6.45) is 3.86. The number of aliphatic hydroxyl groups excluding tert-OH is 1. The van der Waals surface area contributed by atoms with Gasteiger partial charge < -0.3 is 5.11 Å². The number of aromatic nitrogens is 2. The molecule has 0 aliphatic carbocycles. The maximum Gasteiger partial charge on any atom is 0.120 e. The van der Waals surface area contributed by atoms with Gasteiger partial charge in [0.15, 0.2) is 0 Å². The van der Waals surface area contributed by atoms with Crippen LogP contribution in [0.25, 0.3) is 16.3 Å². The lowest BCUT2D eigenvalue weighted by molar-refractivity contribution is 0.403. The third-order valence-electron chi connectivity index (χ3n) is 2.69. The summed E-state index contributed by atoms with van der Waals surface area (Å²) >= 11 is 1.57. The Bertz CT molecular complexity index is 686. The van der Waals surface area contributed by atoms with Crippen LogP contribution in [-0.4, -0.2) is 15.1 Å². The van der Waals surface area contributed by atoms with Crippen molar-refractivity contribution in [3.63, 3.8) is 0 Å². The average Bonchev–Trinajstić information content (AvgIpc) is 2.81. The van der Waals surface area contributed by atoms with Crippen LogP contribution in [0.2, 0.25) is 0 Å². The second kappa shape index (κ2) is 5.20. The lowest BCUT2D eigenvalue weighted by Crippen LogP contribution is -1.92. The zero-order valence-electron chi connectivity index (χ0n) is 10.2. The fourth-order valence-corrected chi connectivity index (χ4v) is 2.76. The Balaban J connectivity index is 1.84. The highest BCUT2D eigenvalue weighted by Gasteiger charge is 2.03. The van der Waals surface area contributed by atoms with Crippen LogP contribution in [-0.2, 0) is 6.42 Å². The van der Waals surface area contributed by atoms with Crippen molar-refractivity contribution in [2.24, 2.45) is 0 Å². The molecule has 0 bridgehead atoms. The van der Waals surface area contributed by atoms with Gasteiger partial charge in [-0.05, 0) is 24.3 Å². The Morgan fingerprint density at radius 1 is 1.16 bits per heavy atom. The summed E-state index contributed by atoms with van der Waals surface area (Å²) < 4.78 is 1.12. The molecular weight excluding hydrogens is 256 g/mol. The zero-order valence-corrected chi connectivity index (χ0v) is 11.0. The van der Waals surface area contributed by atoms with E-state index in [1.54, 1.807) is 23.6 Å². The van der Waals surface area contributed by atoms with Gasteiger partial charge >= 0.3 is 0 Å². The molecule has 1 aromatic carbocycles. The molecule has 0 aliphatic heterocycles. The lowest BCUT2D eigenvalue weighted by Gasteiger charge is -1.98. The number of para-hydroxylation sites is 1. The molecule has 0 unspecified atom stereocenters. The number of fused-ring (bicyclic) bond motifs is 1. The number of pyridine rings is 1. The van der Waals surface area contributed by atoms with Gasteiger partial charge in [-0.25, -0.2) is 4.98 Å².